The molecule has 0 aromatic heterocycles. The summed E-state index contributed by atoms with van der Waals surface area (Å²) in [6.45, 7) is 7.67. The largest absolute Gasteiger partial charge is 0.436 e. The minimum atomic E-state index is -0.445. The fourth-order valence-electron chi connectivity index (χ4n) is 0.708. The van der Waals surface area contributed by atoms with E-state index >= 15 is 0 Å². The molecule has 3 nitrogen and oxygen atoms in total. The second kappa shape index (κ2) is 4.45. The third kappa shape index (κ3) is 6.16. The van der Waals surface area contributed by atoms with E-state index < -0.39 is 6.29 Å². The van der Waals surface area contributed by atoms with Crippen LogP contribution in [0.5, 0.6) is 0 Å². The van der Waals surface area contributed by atoms with Crippen molar-refractivity contribution in [2.24, 2.45) is 5.41 Å². The zero-order valence-electron chi connectivity index (χ0n) is 8.51. The van der Waals surface area contributed by atoms with Crippen LogP contribution in [-0.2, 0) is 14.3 Å². The first-order valence-corrected chi connectivity index (χ1v) is 4.07. The van der Waals surface area contributed by atoms with Gasteiger partial charge in [-0.3, -0.25) is 4.79 Å². The third-order valence-corrected chi connectivity index (χ3v) is 1.30. The van der Waals surface area contributed by atoms with E-state index in [1.807, 2.05) is 20.8 Å². The van der Waals surface area contributed by atoms with Crippen molar-refractivity contribution in [1.82, 2.24) is 0 Å². The number of methoxy groups -OCH3 is 1. The monoisotopic (exact) mass is 174 g/mol. The lowest BCUT2D eigenvalue weighted by molar-refractivity contribution is -0.171. The quantitative estimate of drug-likeness (QED) is 0.484. The van der Waals surface area contributed by atoms with E-state index in [4.69, 9.17) is 9.47 Å². The van der Waals surface area contributed by atoms with Crippen molar-refractivity contribution < 1.29 is 14.3 Å². The van der Waals surface area contributed by atoms with Gasteiger partial charge < -0.3 is 9.47 Å². The Morgan fingerprint density at radius 3 is 2.25 bits per heavy atom. The second-order valence-corrected chi connectivity index (χ2v) is 4.03. The zero-order valence-corrected chi connectivity index (χ0v) is 8.51. The van der Waals surface area contributed by atoms with Crippen LogP contribution in [0.3, 0.4) is 0 Å². The van der Waals surface area contributed by atoms with Gasteiger partial charge in [-0.25, -0.2) is 0 Å². The molecule has 0 heterocycles. The molecule has 0 fully saturated rings. The fraction of sp³-hybridized carbons (Fsp3) is 0.889. The number of esters is 1. The summed E-state index contributed by atoms with van der Waals surface area (Å²) >= 11 is 0. The maximum absolute atomic E-state index is 11.1. The Morgan fingerprint density at radius 2 is 1.92 bits per heavy atom. The van der Waals surface area contributed by atoms with E-state index in [9.17, 15) is 4.79 Å². The van der Waals surface area contributed by atoms with Gasteiger partial charge in [0.1, 0.15) is 0 Å². The lowest BCUT2D eigenvalue weighted by atomic mass is 9.92. The van der Waals surface area contributed by atoms with Crippen molar-refractivity contribution in [2.45, 2.75) is 40.4 Å². The standard InChI is InChI=1S/C9H18O3/c1-7(11-5)12-8(10)6-9(2,3)4/h7H,6H2,1-5H3. The van der Waals surface area contributed by atoms with E-state index in [0.717, 1.165) is 0 Å². The molecule has 72 valence electrons. The molecule has 0 rings (SSSR count). The summed E-state index contributed by atoms with van der Waals surface area (Å²) in [7, 11) is 1.51. The van der Waals surface area contributed by atoms with Crippen LogP contribution in [0.15, 0.2) is 0 Å². The molecule has 0 aliphatic rings. The van der Waals surface area contributed by atoms with Crippen LogP contribution in [0.2, 0.25) is 0 Å². The molecule has 0 amide bonds. The second-order valence-electron chi connectivity index (χ2n) is 4.03. The number of carbonyl (C=O) groups is 1. The smallest absolute Gasteiger partial charge is 0.308 e. The summed E-state index contributed by atoms with van der Waals surface area (Å²) in [5, 5.41) is 0. The lowest BCUT2D eigenvalue weighted by Gasteiger charge is -2.18. The fourth-order valence-corrected chi connectivity index (χ4v) is 0.708. The molecule has 3 heteroatoms. The summed E-state index contributed by atoms with van der Waals surface area (Å²) in [4.78, 5) is 11.1. The van der Waals surface area contributed by atoms with Crippen LogP contribution in [0.1, 0.15) is 34.1 Å². The molecule has 0 aromatic carbocycles. The minimum absolute atomic E-state index is 0.0233. The molecule has 0 N–H and O–H groups in total. The number of ether oxygens (including phenoxy) is 2. The molecular weight excluding hydrogens is 156 g/mol. The molecule has 0 spiro atoms. The molecule has 0 aliphatic heterocycles. The first-order valence-electron chi connectivity index (χ1n) is 4.07. The van der Waals surface area contributed by atoms with Crippen LogP contribution in [0, 0.1) is 5.41 Å². The summed E-state index contributed by atoms with van der Waals surface area (Å²) in [6, 6.07) is 0. The minimum Gasteiger partial charge on any atom is -0.436 e. The molecule has 0 saturated carbocycles. The van der Waals surface area contributed by atoms with Gasteiger partial charge in [0.05, 0.1) is 6.42 Å². The Hall–Kier alpha value is -0.570. The average molecular weight is 174 g/mol. The van der Waals surface area contributed by atoms with Gasteiger partial charge in [0, 0.05) is 7.11 Å². The van der Waals surface area contributed by atoms with Crippen LogP contribution in [0.25, 0.3) is 0 Å². The zero-order chi connectivity index (χ0) is 9.78. The molecule has 0 radical (unpaired) electrons. The molecule has 1 atom stereocenters. The first-order chi connectivity index (χ1) is 5.35. The third-order valence-electron chi connectivity index (χ3n) is 1.30. The van der Waals surface area contributed by atoms with Crippen molar-refractivity contribution in [1.29, 1.82) is 0 Å². The van der Waals surface area contributed by atoms with E-state index in [1.54, 1.807) is 6.92 Å². The summed E-state index contributed by atoms with van der Waals surface area (Å²) in [6.07, 6.45) is -0.0272. The number of carbonyl (C=O) groups excluding carboxylic acids is 1. The van der Waals surface area contributed by atoms with Crippen LogP contribution < -0.4 is 0 Å². The maximum Gasteiger partial charge on any atom is 0.308 e. The van der Waals surface area contributed by atoms with Crippen LogP contribution in [0.4, 0.5) is 0 Å². The van der Waals surface area contributed by atoms with Crippen molar-refractivity contribution >= 4 is 5.97 Å². The Balaban J connectivity index is 3.75. The molecule has 1 unspecified atom stereocenters. The van der Waals surface area contributed by atoms with Crippen molar-refractivity contribution in [2.75, 3.05) is 7.11 Å². The van der Waals surface area contributed by atoms with Gasteiger partial charge in [-0.2, -0.15) is 0 Å². The summed E-state index contributed by atoms with van der Waals surface area (Å²) in [5.74, 6) is -0.211. The Labute approximate surface area is 74.0 Å². The van der Waals surface area contributed by atoms with Gasteiger partial charge in [-0.1, -0.05) is 20.8 Å². The Bertz CT molecular complexity index is 146. The Kier molecular flexibility index (Phi) is 4.24. The van der Waals surface area contributed by atoms with E-state index in [1.165, 1.54) is 7.11 Å². The molecular formula is C9H18O3. The van der Waals surface area contributed by atoms with Gasteiger partial charge in [0.2, 0.25) is 0 Å². The van der Waals surface area contributed by atoms with E-state index in [2.05, 4.69) is 0 Å². The predicted molar refractivity (Wildman–Crippen MR) is 46.6 cm³/mol. The van der Waals surface area contributed by atoms with Gasteiger partial charge in [-0.15, -0.1) is 0 Å². The number of rotatable bonds is 3. The molecule has 0 aromatic rings. The highest BCUT2D eigenvalue weighted by Gasteiger charge is 2.18. The Morgan fingerprint density at radius 1 is 1.42 bits per heavy atom. The molecule has 12 heavy (non-hydrogen) atoms. The first kappa shape index (κ1) is 11.4. The van der Waals surface area contributed by atoms with Crippen molar-refractivity contribution in [3.05, 3.63) is 0 Å². The van der Waals surface area contributed by atoms with Crippen LogP contribution in [-0.4, -0.2) is 19.4 Å². The van der Waals surface area contributed by atoms with Gasteiger partial charge in [-0.05, 0) is 12.3 Å². The van der Waals surface area contributed by atoms with Crippen molar-refractivity contribution in [3.8, 4) is 0 Å². The highest BCUT2D eigenvalue weighted by molar-refractivity contribution is 5.70. The molecule has 0 bridgehead atoms. The number of hydrogen-bond acceptors (Lipinski definition) is 3. The van der Waals surface area contributed by atoms with E-state index in [-0.39, 0.29) is 11.4 Å². The van der Waals surface area contributed by atoms with E-state index in [0.29, 0.717) is 6.42 Å². The van der Waals surface area contributed by atoms with Crippen molar-refractivity contribution in [3.63, 3.8) is 0 Å². The van der Waals surface area contributed by atoms with Gasteiger partial charge >= 0.3 is 5.97 Å². The molecule has 0 saturated heterocycles. The number of hydrogen-bond donors (Lipinski definition) is 0. The summed E-state index contributed by atoms with van der Waals surface area (Å²) < 4.78 is 9.71. The topological polar surface area (TPSA) is 35.5 Å². The van der Waals surface area contributed by atoms with Crippen LogP contribution >= 0.6 is 0 Å². The van der Waals surface area contributed by atoms with Gasteiger partial charge in [0.15, 0.2) is 6.29 Å². The average Bonchev–Trinajstić information content (AvgIpc) is 1.82. The molecule has 0 aliphatic carbocycles. The van der Waals surface area contributed by atoms with Gasteiger partial charge in [0.25, 0.3) is 0 Å². The maximum atomic E-state index is 11.1. The predicted octanol–water partition coefficient (Wildman–Crippen LogP) is 1.96. The highest BCUT2D eigenvalue weighted by Crippen LogP contribution is 2.19. The summed E-state index contributed by atoms with van der Waals surface area (Å²) in [5.41, 5.74) is -0.0233. The lowest BCUT2D eigenvalue weighted by Crippen LogP contribution is -2.21. The highest BCUT2D eigenvalue weighted by atomic mass is 16.7. The SMILES string of the molecule is COC(C)OC(=O)CC(C)(C)C. The normalized spacial score (nSPS) is 14.1.